The monoisotopic (exact) mass is 1220 g/mol. The molecule has 0 radical (unpaired) electrons. The minimum absolute atomic E-state index is 0. The summed E-state index contributed by atoms with van der Waals surface area (Å²) in [6.07, 6.45) is 5.36. The molecule has 81 heavy (non-hydrogen) atoms. The number of hydrogen-bond donors (Lipinski definition) is 0. The molecule has 0 aliphatic heterocycles. The van der Waals surface area contributed by atoms with Gasteiger partial charge in [-0.15, -0.1) is 108 Å². The molecule has 9 heteroatoms. The molecule has 0 unspecified atom stereocenters. The van der Waals surface area contributed by atoms with E-state index >= 15 is 0 Å². The Morgan fingerprint density at radius 3 is 1.04 bits per heavy atom. The normalized spacial score (nSPS) is 10.6. The fourth-order valence-electron chi connectivity index (χ4n) is 9.68. The van der Waals surface area contributed by atoms with E-state index in [2.05, 4.69) is 133 Å². The van der Waals surface area contributed by atoms with E-state index in [1.165, 1.54) is 10.8 Å². The van der Waals surface area contributed by atoms with Crippen LogP contribution in [0.2, 0.25) is 0 Å². The van der Waals surface area contributed by atoms with Gasteiger partial charge in [0.05, 0.1) is 22.1 Å². The zero-order valence-corrected chi connectivity index (χ0v) is 46.1. The summed E-state index contributed by atoms with van der Waals surface area (Å²) in [5.41, 5.74) is 13.4. The Bertz CT molecular complexity index is 4070. The van der Waals surface area contributed by atoms with Crippen LogP contribution in [-0.4, -0.2) is 39.0 Å². The standard InChI is InChI=1S/C39H25N5.3C11H8N.Ir/c1-4-14-26(15-5-1)37-40-38(27-16-6-2-7-17-27)42-39(41-37)44-34-23-13-11-21-30(34)32-25-24-31-29-20-10-12-22-33(29)43(35(31)36(32)44)28-18-8-3-9-19-28;3*1-2-6-10(7-3-1)11-8-4-5-9-12-11;/h1-25H;3*1-6,8-9H;/q;3*-1;+3. The van der Waals surface area contributed by atoms with Crippen LogP contribution in [0.15, 0.2) is 298 Å². The molecule has 0 spiro atoms. The number of hydrogen-bond acceptors (Lipinski definition) is 6. The minimum atomic E-state index is 0. The first kappa shape index (κ1) is 52.7. The van der Waals surface area contributed by atoms with E-state index in [1.807, 2.05) is 188 Å². The van der Waals surface area contributed by atoms with E-state index in [0.717, 1.165) is 83.4 Å². The van der Waals surface area contributed by atoms with Gasteiger partial charge in [-0.3, -0.25) is 4.57 Å². The molecule has 386 valence electrons. The number of fused-ring (bicyclic) bond motifs is 7. The third-order valence-corrected chi connectivity index (χ3v) is 13.3. The average molecular weight is 1220 g/mol. The van der Waals surface area contributed by atoms with Crippen LogP contribution < -0.4 is 0 Å². The topological polar surface area (TPSA) is 87.2 Å². The molecule has 0 amide bonds. The maximum absolute atomic E-state index is 5.17. The van der Waals surface area contributed by atoms with Crippen LogP contribution in [0.1, 0.15) is 0 Å². The molecule has 0 bridgehead atoms. The number of pyridine rings is 3. The predicted octanol–water partition coefficient (Wildman–Crippen LogP) is 17.0. The second-order valence-electron chi connectivity index (χ2n) is 18.4. The first-order valence-electron chi connectivity index (χ1n) is 26.3. The summed E-state index contributed by atoms with van der Waals surface area (Å²) < 4.78 is 4.60. The Labute approximate surface area is 483 Å². The number of benzene rings is 9. The molecule has 9 aromatic carbocycles. The molecule has 0 aliphatic carbocycles. The summed E-state index contributed by atoms with van der Waals surface area (Å²) in [7, 11) is 0. The average Bonchev–Trinajstić information content (AvgIpc) is 4.32. The zero-order valence-electron chi connectivity index (χ0n) is 43.7. The maximum atomic E-state index is 5.17. The minimum Gasteiger partial charge on any atom is -0.307 e. The van der Waals surface area contributed by atoms with Crippen LogP contribution in [0.4, 0.5) is 0 Å². The van der Waals surface area contributed by atoms with Crippen molar-refractivity contribution in [3.05, 3.63) is 316 Å². The van der Waals surface area contributed by atoms with E-state index in [1.54, 1.807) is 18.6 Å². The van der Waals surface area contributed by atoms with Crippen molar-refractivity contribution in [2.24, 2.45) is 0 Å². The van der Waals surface area contributed by atoms with E-state index in [9.17, 15) is 0 Å². The molecule has 0 atom stereocenters. The van der Waals surface area contributed by atoms with Crippen molar-refractivity contribution in [1.82, 2.24) is 39.0 Å². The number of rotatable bonds is 7. The van der Waals surface area contributed by atoms with Crippen molar-refractivity contribution in [1.29, 1.82) is 0 Å². The molecule has 15 aromatic rings. The largest absolute Gasteiger partial charge is 3.00 e. The first-order valence-corrected chi connectivity index (χ1v) is 26.3. The van der Waals surface area contributed by atoms with Gasteiger partial charge in [0.25, 0.3) is 0 Å². The Balaban J connectivity index is 0.000000149. The fraction of sp³-hybridized carbons (Fsp3) is 0. The summed E-state index contributed by atoms with van der Waals surface area (Å²) in [6.45, 7) is 0. The van der Waals surface area contributed by atoms with Gasteiger partial charge < -0.3 is 19.5 Å². The third-order valence-electron chi connectivity index (χ3n) is 13.3. The molecule has 0 saturated heterocycles. The molecular weight excluding hydrogens is 1170 g/mol. The molecule has 6 heterocycles. The zero-order chi connectivity index (χ0) is 53.7. The van der Waals surface area contributed by atoms with Crippen molar-refractivity contribution in [2.75, 3.05) is 0 Å². The van der Waals surface area contributed by atoms with Crippen LogP contribution in [0.5, 0.6) is 0 Å². The molecule has 15 rings (SSSR count). The molecule has 0 aliphatic rings. The summed E-state index contributed by atoms with van der Waals surface area (Å²) in [5.74, 6) is 1.86. The third kappa shape index (κ3) is 11.8. The van der Waals surface area contributed by atoms with Crippen LogP contribution in [0.3, 0.4) is 0 Å². The van der Waals surface area contributed by atoms with Gasteiger partial charge in [0.2, 0.25) is 5.95 Å². The Hall–Kier alpha value is -10.3. The van der Waals surface area contributed by atoms with Crippen LogP contribution in [0.25, 0.3) is 112 Å². The molecule has 0 fully saturated rings. The van der Waals surface area contributed by atoms with Crippen molar-refractivity contribution in [2.45, 2.75) is 0 Å². The van der Waals surface area contributed by atoms with E-state index in [4.69, 9.17) is 15.0 Å². The summed E-state index contributed by atoms with van der Waals surface area (Å²) >= 11 is 0. The van der Waals surface area contributed by atoms with Crippen molar-refractivity contribution in [3.63, 3.8) is 0 Å². The second-order valence-corrected chi connectivity index (χ2v) is 18.4. The summed E-state index contributed by atoms with van der Waals surface area (Å²) in [5, 5.41) is 4.69. The van der Waals surface area contributed by atoms with Gasteiger partial charge in [0.1, 0.15) is 0 Å². The van der Waals surface area contributed by atoms with Gasteiger partial charge in [0, 0.05) is 56.9 Å². The SMILES string of the molecule is [Ir+3].[c-]1ccccc1-c1ccccn1.[c-]1ccccc1-c1ccccn1.[c-]1ccccc1-c1ccccn1.c1ccc(-c2nc(-c3ccccc3)nc(-n3c4ccccc4c4ccc5c6ccccc6n(-c6ccccc6)c5c43)n2)cc1. The van der Waals surface area contributed by atoms with Gasteiger partial charge in [-0.2, -0.15) is 9.97 Å². The van der Waals surface area contributed by atoms with Crippen LogP contribution >= 0.6 is 0 Å². The van der Waals surface area contributed by atoms with Crippen molar-refractivity contribution >= 4 is 43.6 Å². The number of para-hydroxylation sites is 3. The Kier molecular flexibility index (Phi) is 16.6. The molecule has 0 saturated carbocycles. The first-order chi connectivity index (χ1) is 39.7. The number of nitrogens with zero attached hydrogens (tertiary/aromatic N) is 8. The number of aromatic nitrogens is 8. The van der Waals surface area contributed by atoms with Gasteiger partial charge >= 0.3 is 20.1 Å². The van der Waals surface area contributed by atoms with Gasteiger partial charge in [-0.05, 0) is 59.5 Å². The molecule has 8 nitrogen and oxygen atoms in total. The summed E-state index contributed by atoms with van der Waals surface area (Å²) in [6, 6.07) is 103. The van der Waals surface area contributed by atoms with E-state index in [0.29, 0.717) is 17.6 Å². The molecule has 0 N–H and O–H groups in total. The molecular formula is C72H49IrN8. The second kappa shape index (κ2) is 25.4. The van der Waals surface area contributed by atoms with Crippen molar-refractivity contribution < 1.29 is 20.1 Å². The quantitative estimate of drug-likeness (QED) is 0.148. The van der Waals surface area contributed by atoms with E-state index < -0.39 is 0 Å². The fourth-order valence-corrected chi connectivity index (χ4v) is 9.68. The van der Waals surface area contributed by atoms with Crippen LogP contribution in [-0.2, 0) is 20.1 Å². The Morgan fingerprint density at radius 1 is 0.284 bits per heavy atom. The van der Waals surface area contributed by atoms with Crippen molar-refractivity contribution in [3.8, 4) is 68.2 Å². The Morgan fingerprint density at radius 2 is 0.642 bits per heavy atom. The summed E-state index contributed by atoms with van der Waals surface area (Å²) in [4.78, 5) is 28.0. The van der Waals surface area contributed by atoms with Gasteiger partial charge in [-0.25, -0.2) is 4.98 Å². The van der Waals surface area contributed by atoms with Crippen LogP contribution in [0, 0.1) is 18.2 Å². The molecule has 6 aromatic heterocycles. The smallest absolute Gasteiger partial charge is 0.307 e. The predicted molar refractivity (Wildman–Crippen MR) is 325 cm³/mol. The van der Waals surface area contributed by atoms with Gasteiger partial charge in [-0.1, -0.05) is 164 Å². The maximum Gasteiger partial charge on any atom is 3.00 e. The van der Waals surface area contributed by atoms with E-state index in [-0.39, 0.29) is 20.1 Å². The van der Waals surface area contributed by atoms with Gasteiger partial charge in [0.15, 0.2) is 11.6 Å².